The first-order valence-electron chi connectivity index (χ1n) is 20.0. The van der Waals surface area contributed by atoms with Gasteiger partial charge in [-0.05, 0) is 79.1 Å². The first-order valence-corrected chi connectivity index (χ1v) is 20.0. The highest BCUT2D eigenvalue weighted by molar-refractivity contribution is 5.86. The minimum absolute atomic E-state index is 0.0549. The number of benzene rings is 3. The minimum atomic E-state index is -1.22. The van der Waals surface area contributed by atoms with Crippen LogP contribution in [-0.4, -0.2) is 89.9 Å². The van der Waals surface area contributed by atoms with Crippen LogP contribution in [0.25, 0.3) is 33.6 Å². The molecule has 0 bridgehead atoms. The number of likely N-dealkylation sites (N-methyl/N-ethyl adjacent to an activating group) is 1. The van der Waals surface area contributed by atoms with Crippen LogP contribution in [0.15, 0.2) is 85.2 Å². The van der Waals surface area contributed by atoms with E-state index in [0.717, 1.165) is 66.7 Å². The van der Waals surface area contributed by atoms with E-state index < -0.39 is 12.1 Å². The minimum Gasteiger partial charge on any atom is -0.465 e. The number of hydrogen-bond donors (Lipinski definition) is 4. The standard InChI is InChI=1S/C44H51FN8O4/c1-5-51(6-2)39(30-12-8-7-9-13-30)43(55)53-23-11-15-37(53)41-47-26-35(49-41)32-21-20-31(24-33(32)45)28-16-18-29(19-17-28)34-25-46-40(48-34)36-14-10-22-52(36)42(54)38(27(3)4)50-44(56)57/h7-9,12-13,16-21,24-27,36-39,50H,5-6,10-11,14-15,22-23H2,1-4H3,(H,46,48)(H,47,49)(H,56,57)/t36-,37-,38-,39+/m0/s1. The van der Waals surface area contributed by atoms with Gasteiger partial charge >= 0.3 is 6.09 Å². The Morgan fingerprint density at radius 1 is 0.807 bits per heavy atom. The van der Waals surface area contributed by atoms with E-state index >= 15 is 4.39 Å². The summed E-state index contributed by atoms with van der Waals surface area (Å²) in [7, 11) is 0. The molecule has 0 aliphatic carbocycles. The topological polar surface area (TPSA) is 151 Å². The summed E-state index contributed by atoms with van der Waals surface area (Å²) < 4.78 is 15.8. The van der Waals surface area contributed by atoms with E-state index in [2.05, 4.69) is 44.0 Å². The molecule has 298 valence electrons. The summed E-state index contributed by atoms with van der Waals surface area (Å²) in [4.78, 5) is 60.8. The Bertz CT molecular complexity index is 2180. The summed E-state index contributed by atoms with van der Waals surface area (Å²) in [5, 5.41) is 11.7. The van der Waals surface area contributed by atoms with E-state index in [0.29, 0.717) is 36.0 Å². The molecule has 2 saturated heterocycles. The van der Waals surface area contributed by atoms with Crippen molar-refractivity contribution >= 4 is 17.9 Å². The van der Waals surface area contributed by atoms with E-state index in [9.17, 15) is 19.5 Å². The van der Waals surface area contributed by atoms with Crippen molar-refractivity contribution in [3.8, 4) is 33.6 Å². The summed E-state index contributed by atoms with van der Waals surface area (Å²) in [5.41, 5.74) is 5.16. The SMILES string of the molecule is CCN(CC)[C@@H](C(=O)N1CCC[C@H]1c1ncc(-c2ccc(-c3ccc(-c4cnc([C@@H]5CCCN5C(=O)[C@@H](NC(=O)O)C(C)C)[nH]4)cc3)cc2F)[nH]1)c1ccccc1. The van der Waals surface area contributed by atoms with Crippen LogP contribution in [-0.2, 0) is 9.59 Å². The number of imidazole rings is 2. The number of rotatable bonds is 13. The maximum absolute atomic E-state index is 15.8. The van der Waals surface area contributed by atoms with Gasteiger partial charge in [0.1, 0.15) is 29.5 Å². The quantitative estimate of drug-likeness (QED) is 0.0948. The number of hydrogen-bond acceptors (Lipinski definition) is 6. The van der Waals surface area contributed by atoms with Gasteiger partial charge in [0.15, 0.2) is 0 Å². The van der Waals surface area contributed by atoms with Gasteiger partial charge in [0.25, 0.3) is 0 Å². The number of carbonyl (C=O) groups excluding carboxylic acids is 2. The first kappa shape index (κ1) is 39.4. The molecule has 5 aromatic rings. The highest BCUT2D eigenvalue weighted by Gasteiger charge is 2.39. The van der Waals surface area contributed by atoms with Crippen molar-refractivity contribution in [1.29, 1.82) is 0 Å². The van der Waals surface area contributed by atoms with Gasteiger partial charge in [-0.15, -0.1) is 0 Å². The lowest BCUT2D eigenvalue weighted by Gasteiger charge is -2.34. The zero-order chi connectivity index (χ0) is 40.2. The maximum atomic E-state index is 15.8. The second-order valence-corrected chi connectivity index (χ2v) is 15.2. The summed E-state index contributed by atoms with van der Waals surface area (Å²) in [6, 6.07) is 21.1. The molecule has 0 spiro atoms. The number of nitrogens with zero attached hydrogens (tertiary/aromatic N) is 5. The third-order valence-corrected chi connectivity index (χ3v) is 11.4. The first-order chi connectivity index (χ1) is 27.6. The van der Waals surface area contributed by atoms with Crippen molar-refractivity contribution < 1.29 is 23.9 Å². The van der Waals surface area contributed by atoms with E-state index in [-0.39, 0.29) is 41.7 Å². The maximum Gasteiger partial charge on any atom is 0.405 e. The number of carbonyl (C=O) groups is 3. The summed E-state index contributed by atoms with van der Waals surface area (Å²) in [6.07, 6.45) is 5.32. The Kier molecular flexibility index (Phi) is 11.8. The van der Waals surface area contributed by atoms with E-state index in [4.69, 9.17) is 0 Å². The van der Waals surface area contributed by atoms with Gasteiger partial charge < -0.3 is 30.2 Å². The molecule has 0 radical (unpaired) electrons. The Morgan fingerprint density at radius 3 is 1.95 bits per heavy atom. The van der Waals surface area contributed by atoms with E-state index in [1.807, 2.05) is 79.4 Å². The number of likely N-dealkylation sites (tertiary alicyclic amines) is 2. The molecular weight excluding hydrogens is 724 g/mol. The predicted molar refractivity (Wildman–Crippen MR) is 216 cm³/mol. The fourth-order valence-electron chi connectivity index (χ4n) is 8.40. The zero-order valence-corrected chi connectivity index (χ0v) is 32.9. The van der Waals surface area contributed by atoms with E-state index in [1.54, 1.807) is 23.4 Å². The highest BCUT2D eigenvalue weighted by atomic mass is 19.1. The lowest BCUT2D eigenvalue weighted by molar-refractivity contribution is -0.138. The molecule has 7 rings (SSSR count). The van der Waals surface area contributed by atoms with E-state index in [1.165, 1.54) is 6.07 Å². The largest absolute Gasteiger partial charge is 0.465 e. The molecule has 2 fully saturated rings. The number of carboxylic acid groups (broad SMARTS) is 1. The molecule has 4 atom stereocenters. The number of aromatic nitrogens is 4. The molecule has 2 aliphatic rings. The Hall–Kier alpha value is -5.82. The molecule has 4 N–H and O–H groups in total. The molecule has 0 unspecified atom stereocenters. The molecule has 13 heteroatoms. The Balaban J connectivity index is 1.04. The predicted octanol–water partition coefficient (Wildman–Crippen LogP) is 7.98. The van der Waals surface area contributed by atoms with Gasteiger partial charge in [-0.1, -0.05) is 88.4 Å². The summed E-state index contributed by atoms with van der Waals surface area (Å²) in [5.74, 6) is 0.528. The molecule has 4 heterocycles. The second kappa shape index (κ2) is 17.1. The molecule has 3 aromatic carbocycles. The van der Waals surface area contributed by atoms with Crippen molar-refractivity contribution in [2.45, 2.75) is 77.5 Å². The average Bonchev–Trinajstić information content (AvgIpc) is 4.06. The summed E-state index contributed by atoms with van der Waals surface area (Å²) in [6.45, 7) is 10.5. The molecule has 3 amide bonds. The van der Waals surface area contributed by atoms with Crippen LogP contribution < -0.4 is 5.32 Å². The average molecular weight is 775 g/mol. The lowest BCUT2D eigenvalue weighted by Crippen LogP contribution is -2.50. The Morgan fingerprint density at radius 2 is 1.37 bits per heavy atom. The fraction of sp³-hybridized carbons (Fsp3) is 0.386. The second-order valence-electron chi connectivity index (χ2n) is 15.2. The van der Waals surface area contributed by atoms with Gasteiger partial charge in [0.2, 0.25) is 11.8 Å². The van der Waals surface area contributed by atoms with Crippen LogP contribution in [0, 0.1) is 11.7 Å². The lowest BCUT2D eigenvalue weighted by atomic mass is 10.0. The molecular formula is C44H51FN8O4. The van der Waals surface area contributed by atoms with Crippen molar-refractivity contribution in [1.82, 2.24) is 40.0 Å². The monoisotopic (exact) mass is 774 g/mol. The van der Waals surface area contributed by atoms with Crippen LogP contribution in [0.1, 0.15) is 88.7 Å². The van der Waals surface area contributed by atoms with Gasteiger partial charge in [-0.25, -0.2) is 19.2 Å². The molecule has 12 nitrogen and oxygen atoms in total. The molecule has 2 aromatic heterocycles. The molecule has 0 saturated carbocycles. The van der Waals surface area contributed by atoms with Crippen LogP contribution in [0.4, 0.5) is 9.18 Å². The number of amides is 3. The van der Waals surface area contributed by atoms with Gasteiger partial charge in [-0.2, -0.15) is 0 Å². The van der Waals surface area contributed by atoms with Crippen LogP contribution in [0.2, 0.25) is 0 Å². The van der Waals surface area contributed by atoms with Crippen molar-refractivity contribution in [3.05, 3.63) is 108 Å². The smallest absolute Gasteiger partial charge is 0.405 e. The molecule has 2 aliphatic heterocycles. The normalized spacial score (nSPS) is 18.0. The van der Waals surface area contributed by atoms with Gasteiger partial charge in [0.05, 0.1) is 35.9 Å². The Labute approximate surface area is 332 Å². The fourth-order valence-corrected chi connectivity index (χ4v) is 8.40. The number of halogens is 1. The third kappa shape index (κ3) is 8.20. The number of aromatic amines is 2. The van der Waals surface area contributed by atoms with Crippen molar-refractivity contribution in [3.63, 3.8) is 0 Å². The van der Waals surface area contributed by atoms with Crippen molar-refractivity contribution in [2.24, 2.45) is 5.92 Å². The van der Waals surface area contributed by atoms with Gasteiger partial charge in [0, 0.05) is 18.7 Å². The number of nitrogens with one attached hydrogen (secondary N) is 3. The third-order valence-electron chi connectivity index (χ3n) is 11.4. The molecule has 57 heavy (non-hydrogen) atoms. The number of H-pyrrole nitrogens is 2. The van der Waals surface area contributed by atoms with Crippen LogP contribution in [0.3, 0.4) is 0 Å². The van der Waals surface area contributed by atoms with Crippen molar-refractivity contribution in [2.75, 3.05) is 26.2 Å². The van der Waals surface area contributed by atoms with Crippen LogP contribution >= 0.6 is 0 Å². The zero-order valence-electron chi connectivity index (χ0n) is 32.9. The van der Waals surface area contributed by atoms with Gasteiger partial charge in [-0.3, -0.25) is 14.5 Å². The highest BCUT2D eigenvalue weighted by Crippen LogP contribution is 2.37. The van der Waals surface area contributed by atoms with Crippen LogP contribution in [0.5, 0.6) is 0 Å². The summed E-state index contributed by atoms with van der Waals surface area (Å²) >= 11 is 0.